The minimum absolute atomic E-state index is 0.134. The third-order valence-corrected chi connectivity index (χ3v) is 13.9. The van der Waals surface area contributed by atoms with Gasteiger partial charge in [0.15, 0.2) is 0 Å². The molecule has 1 unspecified atom stereocenters. The van der Waals surface area contributed by atoms with Crippen molar-refractivity contribution in [2.45, 2.75) is 132 Å². The lowest BCUT2D eigenvalue weighted by molar-refractivity contribution is 0.374. The molecule has 0 aromatic heterocycles. The van der Waals surface area contributed by atoms with Crippen LogP contribution in [0.1, 0.15) is 156 Å². The van der Waals surface area contributed by atoms with Gasteiger partial charge in [-0.3, -0.25) is 0 Å². The second-order valence-corrected chi connectivity index (χ2v) is 19.3. The fraction of sp³-hybridized carbons (Fsp3) is 0.323. The van der Waals surface area contributed by atoms with E-state index in [1.165, 1.54) is 128 Å². The Morgan fingerprint density at radius 2 is 1.17 bits per heavy atom. The Kier molecular flexibility index (Phi) is 17.2. The zero-order valence-electron chi connectivity index (χ0n) is 41.7. The van der Waals surface area contributed by atoms with Gasteiger partial charge >= 0.3 is 0 Å². The van der Waals surface area contributed by atoms with Crippen LogP contribution in [-0.2, 0) is 5.41 Å². The molecule has 65 heavy (non-hydrogen) atoms. The summed E-state index contributed by atoms with van der Waals surface area (Å²) < 4.78 is 0. The number of fused-ring (bicyclic) bond motifs is 3. The van der Waals surface area contributed by atoms with Crippen LogP contribution >= 0.6 is 0 Å². The van der Waals surface area contributed by atoms with Crippen molar-refractivity contribution in [1.29, 1.82) is 0 Å². The van der Waals surface area contributed by atoms with Gasteiger partial charge in [-0.25, -0.2) is 0 Å². The predicted molar refractivity (Wildman–Crippen MR) is 288 cm³/mol. The quantitative estimate of drug-likeness (QED) is 0.134. The first kappa shape index (κ1) is 48.7. The number of benzene rings is 6. The number of aryl methyl sites for hydroxylation is 2. The maximum Gasteiger partial charge on any atom is 0.0158 e. The topological polar surface area (TPSA) is 0 Å². The highest BCUT2D eigenvalue weighted by molar-refractivity contribution is 5.82. The molecule has 1 saturated carbocycles. The van der Waals surface area contributed by atoms with Crippen LogP contribution < -0.4 is 0 Å². The lowest BCUT2D eigenvalue weighted by Crippen LogP contribution is -2.15. The van der Waals surface area contributed by atoms with Crippen molar-refractivity contribution < 1.29 is 0 Å². The Balaban J connectivity index is 0.000000158. The van der Waals surface area contributed by atoms with Gasteiger partial charge < -0.3 is 0 Å². The molecule has 3 aliphatic rings. The van der Waals surface area contributed by atoms with Crippen molar-refractivity contribution in [3.8, 4) is 22.3 Å². The first-order valence-corrected chi connectivity index (χ1v) is 24.7. The first-order chi connectivity index (χ1) is 31.4. The van der Waals surface area contributed by atoms with Crippen LogP contribution in [0.3, 0.4) is 0 Å². The fourth-order valence-electron chi connectivity index (χ4n) is 9.31. The van der Waals surface area contributed by atoms with Gasteiger partial charge in [0, 0.05) is 5.41 Å². The minimum atomic E-state index is 0.134. The van der Waals surface area contributed by atoms with E-state index in [0.717, 1.165) is 5.92 Å². The van der Waals surface area contributed by atoms with Gasteiger partial charge in [0.25, 0.3) is 0 Å². The zero-order valence-corrected chi connectivity index (χ0v) is 41.7. The summed E-state index contributed by atoms with van der Waals surface area (Å²) in [6.45, 7) is 24.4. The van der Waals surface area contributed by atoms with E-state index in [-0.39, 0.29) is 5.41 Å². The van der Waals surface area contributed by atoms with Crippen molar-refractivity contribution in [1.82, 2.24) is 0 Å². The first-order valence-electron chi connectivity index (χ1n) is 24.7. The number of rotatable bonds is 8. The van der Waals surface area contributed by atoms with Gasteiger partial charge in [-0.1, -0.05) is 229 Å². The molecule has 0 heterocycles. The van der Waals surface area contributed by atoms with E-state index in [9.17, 15) is 0 Å². The van der Waals surface area contributed by atoms with E-state index in [4.69, 9.17) is 0 Å². The highest BCUT2D eigenvalue weighted by Gasteiger charge is 2.35. The monoisotopic (exact) mass is 857 g/mol. The largest absolute Gasteiger partial charge is 0.0839 e. The summed E-state index contributed by atoms with van der Waals surface area (Å²) in [7, 11) is 0. The van der Waals surface area contributed by atoms with Gasteiger partial charge in [-0.05, 0) is 162 Å². The van der Waals surface area contributed by atoms with Gasteiger partial charge in [-0.2, -0.15) is 0 Å². The van der Waals surface area contributed by atoms with E-state index >= 15 is 0 Å². The molecule has 0 nitrogen and oxygen atoms in total. The van der Waals surface area contributed by atoms with E-state index in [1.807, 2.05) is 6.07 Å². The average Bonchev–Trinajstić information content (AvgIpc) is 3.54. The molecule has 336 valence electrons. The van der Waals surface area contributed by atoms with Crippen molar-refractivity contribution in [3.05, 3.63) is 219 Å². The van der Waals surface area contributed by atoms with Gasteiger partial charge in [0.1, 0.15) is 0 Å². The molecule has 0 heteroatoms. The van der Waals surface area contributed by atoms with Crippen LogP contribution in [0.25, 0.3) is 39.0 Å². The second kappa shape index (κ2) is 22.9. The molecule has 0 amide bonds. The van der Waals surface area contributed by atoms with E-state index in [2.05, 4.69) is 234 Å². The molecule has 0 radical (unpaired) electrons. The number of allylic oxidation sites excluding steroid dienone is 8. The Bertz CT molecular complexity index is 2600. The molecule has 9 rings (SSSR count). The molecular formula is C65H76. The van der Waals surface area contributed by atoms with Crippen molar-refractivity contribution in [2.75, 3.05) is 0 Å². The van der Waals surface area contributed by atoms with Crippen LogP contribution in [-0.4, -0.2) is 0 Å². The lowest BCUT2D eigenvalue weighted by Gasteiger charge is -2.31. The summed E-state index contributed by atoms with van der Waals surface area (Å²) >= 11 is 0. The summed E-state index contributed by atoms with van der Waals surface area (Å²) in [4.78, 5) is 0. The highest BCUT2D eigenvalue weighted by atomic mass is 14.4. The predicted octanol–water partition coefficient (Wildman–Crippen LogP) is 19.3. The van der Waals surface area contributed by atoms with Gasteiger partial charge in [-0.15, -0.1) is 0 Å². The highest BCUT2D eigenvalue weighted by Crippen LogP contribution is 2.49. The SMILES string of the molecule is C/C(=C\C=C(/C)c1ccc(C)cc1)c1ccccc1.CCC.CCC(C)c1ccc2c(c1)C(C)(C)c1ccccc1-2.Cc1ccc(-c2cccc(C3=C(C4CCC4)C=CCC3)c2C)cc1. The Hall–Kier alpha value is -5.72. The van der Waals surface area contributed by atoms with E-state index in [0.29, 0.717) is 5.92 Å². The summed E-state index contributed by atoms with van der Waals surface area (Å²) in [6.07, 6.45) is 18.1. The smallest absolute Gasteiger partial charge is 0.0158 e. The molecule has 1 atom stereocenters. The molecule has 0 spiro atoms. The standard InChI is InChI=1S/C24H26.C19H22.C19H20.C3H8/c1-17-13-15-20(16-14-17)21-11-6-12-22(18(21)2)24-10-4-3-9-23(24)19-7-5-8-19;1-5-13(2)14-10-11-16-15-8-6-7-9-17(15)19(3,4)18(16)12-14;1-15-9-13-19(14-10-15)17(3)12-11-16(2)18-7-5-4-6-8-18;1-3-2/h3,6,9,11-16,19H,4-5,7-8,10H2,1-2H3;6-13H,5H2,1-4H3;4-14H,1-3H3;3H2,1-2H3/b;;16-11+,17-12+;. The molecule has 0 bridgehead atoms. The Morgan fingerprint density at radius 3 is 1.78 bits per heavy atom. The average molecular weight is 857 g/mol. The maximum absolute atomic E-state index is 2.43. The fourth-order valence-corrected chi connectivity index (χ4v) is 9.31. The number of hydrogen-bond donors (Lipinski definition) is 0. The zero-order chi connectivity index (χ0) is 46.5. The third kappa shape index (κ3) is 12.0. The Morgan fingerprint density at radius 1 is 0.615 bits per heavy atom. The van der Waals surface area contributed by atoms with E-state index in [1.54, 1.807) is 11.1 Å². The molecule has 6 aromatic rings. The van der Waals surface area contributed by atoms with Gasteiger partial charge in [0.2, 0.25) is 0 Å². The van der Waals surface area contributed by atoms with Crippen molar-refractivity contribution in [3.63, 3.8) is 0 Å². The maximum atomic E-state index is 2.43. The molecular weight excluding hydrogens is 781 g/mol. The Labute approximate surface area is 395 Å². The lowest BCUT2D eigenvalue weighted by atomic mass is 9.74. The normalized spacial score (nSPS) is 15.5. The van der Waals surface area contributed by atoms with Crippen LogP contribution in [0.4, 0.5) is 0 Å². The molecule has 6 aromatic carbocycles. The van der Waals surface area contributed by atoms with Crippen molar-refractivity contribution in [2.24, 2.45) is 5.92 Å². The third-order valence-electron chi connectivity index (χ3n) is 13.9. The molecule has 0 saturated heterocycles. The molecule has 0 aliphatic heterocycles. The molecule has 0 N–H and O–H groups in total. The summed E-state index contributed by atoms with van der Waals surface area (Å²) in [5, 5.41) is 0. The van der Waals surface area contributed by atoms with Crippen LogP contribution in [0.5, 0.6) is 0 Å². The van der Waals surface area contributed by atoms with Crippen LogP contribution in [0.15, 0.2) is 169 Å². The van der Waals surface area contributed by atoms with Crippen LogP contribution in [0.2, 0.25) is 0 Å². The molecule has 1 fully saturated rings. The summed E-state index contributed by atoms with van der Waals surface area (Å²) in [6, 6.07) is 50.8. The van der Waals surface area contributed by atoms with Crippen molar-refractivity contribution >= 4 is 16.7 Å². The summed E-state index contributed by atoms with van der Waals surface area (Å²) in [5.74, 6) is 1.45. The second-order valence-electron chi connectivity index (χ2n) is 19.3. The minimum Gasteiger partial charge on any atom is -0.0839 e. The van der Waals surface area contributed by atoms with Gasteiger partial charge in [0.05, 0.1) is 0 Å². The van der Waals surface area contributed by atoms with E-state index < -0.39 is 0 Å². The molecule has 3 aliphatic carbocycles. The number of hydrogen-bond acceptors (Lipinski definition) is 0. The summed E-state index contributed by atoms with van der Waals surface area (Å²) in [5.41, 5.74) is 24.0. The van der Waals surface area contributed by atoms with Crippen LogP contribution in [0, 0.1) is 26.7 Å².